The predicted molar refractivity (Wildman–Crippen MR) is 55.0 cm³/mol. The average molecular weight is 247 g/mol. The van der Waals surface area contributed by atoms with Gasteiger partial charge in [0.2, 0.25) is 6.79 Å². The second-order valence-corrected chi connectivity index (χ2v) is 3.93. The number of alkyl halides is 3. The predicted octanol–water partition coefficient (Wildman–Crippen LogP) is 2.50. The smallest absolute Gasteiger partial charge is 0.416 e. The monoisotopic (exact) mass is 247 g/mol. The van der Waals surface area contributed by atoms with Gasteiger partial charge in [0.15, 0.2) is 11.5 Å². The Balaban J connectivity index is 2.55. The molecule has 1 heterocycles. The number of halogens is 3. The maximum absolute atomic E-state index is 12.9. The molecule has 0 aromatic heterocycles. The van der Waals surface area contributed by atoms with Crippen molar-refractivity contribution in [2.45, 2.75) is 19.0 Å². The molecule has 6 heteroatoms. The fourth-order valence-corrected chi connectivity index (χ4v) is 1.74. The molecular formula is C11H12F3NO2. The van der Waals surface area contributed by atoms with E-state index in [1.165, 1.54) is 6.07 Å². The quantitative estimate of drug-likeness (QED) is 0.873. The van der Waals surface area contributed by atoms with Gasteiger partial charge < -0.3 is 15.2 Å². The summed E-state index contributed by atoms with van der Waals surface area (Å²) in [6.07, 6.45) is -4.42. The lowest BCUT2D eigenvalue weighted by atomic mass is 9.94. The van der Waals surface area contributed by atoms with E-state index in [4.69, 9.17) is 15.2 Å². The van der Waals surface area contributed by atoms with Crippen molar-refractivity contribution in [1.29, 1.82) is 0 Å². The third-order valence-electron chi connectivity index (χ3n) is 2.73. The first-order chi connectivity index (χ1) is 7.93. The number of rotatable bonds is 2. The summed E-state index contributed by atoms with van der Waals surface area (Å²) in [7, 11) is 0. The van der Waals surface area contributed by atoms with Crippen LogP contribution in [0, 0.1) is 0 Å². The lowest BCUT2D eigenvalue weighted by Crippen LogP contribution is -2.16. The summed E-state index contributed by atoms with van der Waals surface area (Å²) in [5, 5.41) is 0. The Morgan fingerprint density at radius 2 is 1.88 bits per heavy atom. The van der Waals surface area contributed by atoms with Crippen LogP contribution in [0.15, 0.2) is 12.1 Å². The normalized spacial score (nSPS) is 16.1. The molecular weight excluding hydrogens is 235 g/mol. The van der Waals surface area contributed by atoms with Gasteiger partial charge in [-0.1, -0.05) is 6.92 Å². The van der Waals surface area contributed by atoms with Gasteiger partial charge in [0.25, 0.3) is 0 Å². The van der Waals surface area contributed by atoms with Crippen LogP contribution in [0.2, 0.25) is 0 Å². The molecule has 0 spiro atoms. The lowest BCUT2D eigenvalue weighted by Gasteiger charge is -2.17. The van der Waals surface area contributed by atoms with E-state index in [0.29, 0.717) is 5.75 Å². The molecule has 1 aromatic rings. The Morgan fingerprint density at radius 1 is 1.29 bits per heavy atom. The zero-order valence-electron chi connectivity index (χ0n) is 9.17. The van der Waals surface area contributed by atoms with Crippen molar-refractivity contribution in [3.05, 3.63) is 23.3 Å². The average Bonchev–Trinajstić information content (AvgIpc) is 2.72. The van der Waals surface area contributed by atoms with Gasteiger partial charge in [0, 0.05) is 0 Å². The first-order valence-corrected chi connectivity index (χ1v) is 5.14. The summed E-state index contributed by atoms with van der Waals surface area (Å²) in [5.41, 5.74) is 4.86. The molecule has 2 N–H and O–H groups in total. The summed E-state index contributed by atoms with van der Waals surface area (Å²) in [4.78, 5) is 0. The number of hydrogen-bond acceptors (Lipinski definition) is 3. The first-order valence-electron chi connectivity index (χ1n) is 5.14. The number of hydrogen-bond donors (Lipinski definition) is 1. The van der Waals surface area contributed by atoms with E-state index in [-0.39, 0.29) is 30.6 Å². The van der Waals surface area contributed by atoms with Gasteiger partial charge in [-0.05, 0) is 30.2 Å². The molecule has 1 aliphatic heterocycles. The molecule has 1 aromatic carbocycles. The highest BCUT2D eigenvalue weighted by atomic mass is 19.4. The van der Waals surface area contributed by atoms with E-state index in [0.717, 1.165) is 6.07 Å². The maximum Gasteiger partial charge on any atom is 0.416 e. The molecule has 94 valence electrons. The molecule has 17 heavy (non-hydrogen) atoms. The van der Waals surface area contributed by atoms with E-state index in [1.54, 1.807) is 6.92 Å². The van der Waals surface area contributed by atoms with Crippen molar-refractivity contribution >= 4 is 0 Å². The van der Waals surface area contributed by atoms with Crippen molar-refractivity contribution in [1.82, 2.24) is 0 Å². The molecule has 1 aliphatic rings. The topological polar surface area (TPSA) is 44.5 Å². The largest absolute Gasteiger partial charge is 0.454 e. The minimum Gasteiger partial charge on any atom is -0.454 e. The van der Waals surface area contributed by atoms with Crippen LogP contribution in [-0.4, -0.2) is 13.3 Å². The molecule has 2 rings (SSSR count). The summed E-state index contributed by atoms with van der Waals surface area (Å²) in [5.74, 6) is 0.0831. The van der Waals surface area contributed by atoms with Gasteiger partial charge >= 0.3 is 6.18 Å². The summed E-state index contributed by atoms with van der Waals surface area (Å²) in [6, 6.07) is 2.34. The number of ether oxygens (including phenoxy) is 2. The Kier molecular flexibility index (Phi) is 2.91. The highest BCUT2D eigenvalue weighted by Crippen LogP contribution is 2.43. The highest BCUT2D eigenvalue weighted by Gasteiger charge is 2.36. The summed E-state index contributed by atoms with van der Waals surface area (Å²) in [6.45, 7) is 1.74. The van der Waals surface area contributed by atoms with Crippen LogP contribution in [0.3, 0.4) is 0 Å². The van der Waals surface area contributed by atoms with Crippen LogP contribution < -0.4 is 15.2 Å². The fraction of sp³-hybridized carbons (Fsp3) is 0.455. The molecule has 0 aliphatic carbocycles. The van der Waals surface area contributed by atoms with E-state index in [1.807, 2.05) is 0 Å². The minimum absolute atomic E-state index is 0.0485. The Morgan fingerprint density at radius 3 is 2.41 bits per heavy atom. The van der Waals surface area contributed by atoms with Crippen LogP contribution in [0.5, 0.6) is 11.5 Å². The van der Waals surface area contributed by atoms with E-state index >= 15 is 0 Å². The first kappa shape index (κ1) is 12.0. The van der Waals surface area contributed by atoms with Gasteiger partial charge in [-0.15, -0.1) is 0 Å². The van der Waals surface area contributed by atoms with Crippen LogP contribution in [-0.2, 0) is 6.18 Å². The maximum atomic E-state index is 12.9. The molecule has 3 nitrogen and oxygen atoms in total. The van der Waals surface area contributed by atoms with Gasteiger partial charge in [0.1, 0.15) is 0 Å². The molecule has 0 saturated carbocycles. The zero-order chi connectivity index (χ0) is 12.6. The van der Waals surface area contributed by atoms with Crippen LogP contribution in [0.1, 0.15) is 24.0 Å². The SMILES string of the molecule is CC(CN)c1cc2c(cc1C(F)(F)F)OCO2. The fourth-order valence-electron chi connectivity index (χ4n) is 1.74. The summed E-state index contributed by atoms with van der Waals surface area (Å²) < 4.78 is 48.6. The third kappa shape index (κ3) is 2.17. The number of fused-ring (bicyclic) bond motifs is 1. The highest BCUT2D eigenvalue weighted by molar-refractivity contribution is 5.50. The van der Waals surface area contributed by atoms with Crippen molar-refractivity contribution < 1.29 is 22.6 Å². The summed E-state index contributed by atoms with van der Waals surface area (Å²) >= 11 is 0. The second-order valence-electron chi connectivity index (χ2n) is 3.93. The van der Waals surface area contributed by atoms with Crippen molar-refractivity contribution in [3.63, 3.8) is 0 Å². The standard InChI is InChI=1S/C11H12F3NO2/c1-6(4-15)7-2-9-10(17-5-16-9)3-8(7)11(12,13)14/h2-3,6H,4-5,15H2,1H3. The number of nitrogens with two attached hydrogens (primary N) is 1. The molecule has 0 amide bonds. The minimum atomic E-state index is -4.42. The molecule has 0 fully saturated rings. The van der Waals surface area contributed by atoms with Gasteiger partial charge in [0.05, 0.1) is 5.56 Å². The molecule has 0 saturated heterocycles. The lowest BCUT2D eigenvalue weighted by molar-refractivity contribution is -0.138. The van der Waals surface area contributed by atoms with E-state index in [2.05, 4.69) is 0 Å². The molecule has 1 atom stereocenters. The van der Waals surface area contributed by atoms with Gasteiger partial charge in [-0.2, -0.15) is 13.2 Å². The molecule has 0 bridgehead atoms. The Labute approximate surface area is 96.3 Å². The second kappa shape index (κ2) is 4.10. The zero-order valence-corrected chi connectivity index (χ0v) is 9.17. The van der Waals surface area contributed by atoms with Gasteiger partial charge in [-0.25, -0.2) is 0 Å². The van der Waals surface area contributed by atoms with Crippen LogP contribution >= 0.6 is 0 Å². The van der Waals surface area contributed by atoms with Crippen LogP contribution in [0.4, 0.5) is 13.2 Å². The van der Waals surface area contributed by atoms with Crippen LogP contribution in [0.25, 0.3) is 0 Å². The Hall–Kier alpha value is -1.43. The van der Waals surface area contributed by atoms with E-state index in [9.17, 15) is 13.2 Å². The Bertz CT molecular complexity index is 431. The van der Waals surface area contributed by atoms with Gasteiger partial charge in [-0.3, -0.25) is 0 Å². The molecule has 0 radical (unpaired) electrons. The van der Waals surface area contributed by atoms with Crippen molar-refractivity contribution in [2.24, 2.45) is 5.73 Å². The van der Waals surface area contributed by atoms with Crippen molar-refractivity contribution in [3.8, 4) is 11.5 Å². The number of benzene rings is 1. The third-order valence-corrected chi connectivity index (χ3v) is 2.73. The molecule has 1 unspecified atom stereocenters. The van der Waals surface area contributed by atoms with E-state index < -0.39 is 11.7 Å². The van der Waals surface area contributed by atoms with Crippen molar-refractivity contribution in [2.75, 3.05) is 13.3 Å².